The first-order chi connectivity index (χ1) is 6.67. The van der Waals surface area contributed by atoms with E-state index in [-0.39, 0.29) is 12.5 Å². The summed E-state index contributed by atoms with van der Waals surface area (Å²) in [5.41, 5.74) is 0. The summed E-state index contributed by atoms with van der Waals surface area (Å²) in [5.74, 6) is -0.528. The van der Waals surface area contributed by atoms with Crippen molar-refractivity contribution in [1.82, 2.24) is 4.31 Å². The zero-order chi connectivity index (χ0) is 12.0. The molecule has 0 bridgehead atoms. The molecule has 0 saturated carbocycles. The Balaban J connectivity index is 3.06. The van der Waals surface area contributed by atoms with E-state index in [9.17, 15) is 13.2 Å². The Labute approximate surface area is 90.1 Å². The zero-order valence-electron chi connectivity index (χ0n) is 9.39. The highest BCUT2D eigenvalue weighted by molar-refractivity contribution is 7.94. The Kier molecular flexibility index (Phi) is 2.86. The number of hydrogen-bond acceptors (Lipinski definition) is 4. The molecule has 1 atom stereocenters. The van der Waals surface area contributed by atoms with Gasteiger partial charge in [-0.2, -0.15) is 0 Å². The Morgan fingerprint density at radius 3 is 2.13 bits per heavy atom. The normalized spacial score (nSPS) is 25.2. The molecule has 1 aliphatic heterocycles. The lowest BCUT2D eigenvalue weighted by Gasteiger charge is -2.47. The molecular weight excluding hydrogens is 218 g/mol. The fourth-order valence-corrected chi connectivity index (χ4v) is 3.37. The quantitative estimate of drug-likeness (QED) is 0.744. The lowest BCUT2D eigenvalue weighted by molar-refractivity contribution is -0.135. The molecule has 1 N–H and O–H groups in total. The van der Waals surface area contributed by atoms with Crippen molar-refractivity contribution < 1.29 is 18.3 Å². The van der Waals surface area contributed by atoms with Crippen LogP contribution in [-0.4, -0.2) is 41.1 Å². The molecule has 1 saturated heterocycles. The molecular formula is C9H17NO4S. The van der Waals surface area contributed by atoms with Gasteiger partial charge < -0.3 is 5.11 Å². The fraction of sp³-hybridized carbons (Fsp3) is 0.889. The highest BCUT2D eigenvalue weighted by Gasteiger charge is 2.62. The van der Waals surface area contributed by atoms with Gasteiger partial charge in [-0.1, -0.05) is 13.8 Å². The number of sulfonamides is 1. The van der Waals surface area contributed by atoms with Crippen molar-refractivity contribution in [3.05, 3.63) is 0 Å². The van der Waals surface area contributed by atoms with Crippen LogP contribution in [0.5, 0.6) is 0 Å². The second kappa shape index (κ2) is 3.45. The van der Waals surface area contributed by atoms with E-state index in [1.165, 1.54) is 13.8 Å². The molecule has 0 aliphatic carbocycles. The molecule has 88 valence electrons. The van der Waals surface area contributed by atoms with Gasteiger partial charge in [0.05, 0.1) is 12.6 Å². The van der Waals surface area contributed by atoms with E-state index in [1.54, 1.807) is 13.8 Å². The van der Waals surface area contributed by atoms with Crippen molar-refractivity contribution in [1.29, 1.82) is 0 Å². The summed E-state index contributed by atoms with van der Waals surface area (Å²) in [6, 6.07) is -0.643. The molecule has 1 heterocycles. The Hall–Kier alpha value is -0.620. The van der Waals surface area contributed by atoms with Gasteiger partial charge in [0.1, 0.15) is 0 Å². The molecule has 0 spiro atoms. The average molecular weight is 235 g/mol. The molecule has 0 aromatic rings. The summed E-state index contributed by atoms with van der Waals surface area (Å²) >= 11 is 0. The number of hydrogen-bond donors (Lipinski definition) is 1. The molecule has 1 amide bonds. The van der Waals surface area contributed by atoms with E-state index in [0.717, 1.165) is 4.31 Å². The largest absolute Gasteiger partial charge is 0.394 e. The van der Waals surface area contributed by atoms with E-state index in [1.807, 2.05) is 0 Å². The van der Waals surface area contributed by atoms with Crippen LogP contribution in [0.3, 0.4) is 0 Å². The number of aliphatic hydroxyl groups is 1. The SMILES string of the molecule is CC(C)C(CO)N1C(=O)C(C)(C)S1(=O)=O. The maximum Gasteiger partial charge on any atom is 0.259 e. The minimum atomic E-state index is -3.58. The molecule has 1 unspecified atom stereocenters. The van der Waals surface area contributed by atoms with E-state index < -0.39 is 26.7 Å². The Morgan fingerprint density at radius 1 is 1.40 bits per heavy atom. The van der Waals surface area contributed by atoms with Gasteiger partial charge in [0.15, 0.2) is 4.75 Å². The summed E-state index contributed by atoms with van der Waals surface area (Å²) in [5, 5.41) is 9.09. The van der Waals surface area contributed by atoms with Crippen molar-refractivity contribution in [3.63, 3.8) is 0 Å². The number of carbonyl (C=O) groups is 1. The molecule has 15 heavy (non-hydrogen) atoms. The lowest BCUT2D eigenvalue weighted by Crippen LogP contribution is -2.71. The summed E-state index contributed by atoms with van der Waals surface area (Å²) in [6.07, 6.45) is 0. The van der Waals surface area contributed by atoms with E-state index in [0.29, 0.717) is 0 Å². The molecule has 6 heteroatoms. The monoisotopic (exact) mass is 235 g/mol. The topological polar surface area (TPSA) is 74.7 Å². The van der Waals surface area contributed by atoms with E-state index in [4.69, 9.17) is 5.11 Å². The van der Waals surface area contributed by atoms with Crippen LogP contribution in [0.15, 0.2) is 0 Å². The highest BCUT2D eigenvalue weighted by Crippen LogP contribution is 2.37. The van der Waals surface area contributed by atoms with Crippen LogP contribution in [0.25, 0.3) is 0 Å². The smallest absolute Gasteiger partial charge is 0.259 e. The summed E-state index contributed by atoms with van der Waals surface area (Å²) in [7, 11) is -3.58. The first kappa shape index (κ1) is 12.4. The first-order valence-electron chi connectivity index (χ1n) is 4.87. The third kappa shape index (κ3) is 1.47. The second-order valence-electron chi connectivity index (χ2n) is 4.61. The predicted octanol–water partition coefficient (Wildman–Crippen LogP) is -0.0461. The number of aliphatic hydroxyl groups excluding tert-OH is 1. The number of carbonyl (C=O) groups excluding carboxylic acids is 1. The van der Waals surface area contributed by atoms with Crippen LogP contribution < -0.4 is 0 Å². The van der Waals surface area contributed by atoms with Crippen LogP contribution in [0.2, 0.25) is 0 Å². The molecule has 5 nitrogen and oxygen atoms in total. The van der Waals surface area contributed by atoms with Crippen molar-refractivity contribution in [2.75, 3.05) is 6.61 Å². The van der Waals surface area contributed by atoms with Crippen molar-refractivity contribution in [2.24, 2.45) is 5.92 Å². The second-order valence-corrected chi connectivity index (χ2v) is 6.97. The van der Waals surface area contributed by atoms with Crippen LogP contribution in [0, 0.1) is 5.92 Å². The molecule has 1 rings (SSSR count). The zero-order valence-corrected chi connectivity index (χ0v) is 10.2. The number of nitrogens with zero attached hydrogens (tertiary/aromatic N) is 1. The molecule has 0 aromatic carbocycles. The molecule has 1 aliphatic rings. The average Bonchev–Trinajstić information content (AvgIpc) is 2.11. The van der Waals surface area contributed by atoms with Crippen LogP contribution >= 0.6 is 0 Å². The number of rotatable bonds is 3. The Bertz CT molecular complexity index is 372. The minimum Gasteiger partial charge on any atom is -0.394 e. The first-order valence-corrected chi connectivity index (χ1v) is 6.31. The maximum atomic E-state index is 11.8. The fourth-order valence-electron chi connectivity index (χ4n) is 1.58. The molecule has 0 radical (unpaired) electrons. The van der Waals surface area contributed by atoms with Crippen molar-refractivity contribution in [3.8, 4) is 0 Å². The van der Waals surface area contributed by atoms with Gasteiger partial charge in [-0.05, 0) is 19.8 Å². The molecule has 1 fully saturated rings. The maximum absolute atomic E-state index is 11.8. The van der Waals surface area contributed by atoms with Crippen molar-refractivity contribution >= 4 is 15.9 Å². The van der Waals surface area contributed by atoms with Crippen LogP contribution in [0.1, 0.15) is 27.7 Å². The van der Waals surface area contributed by atoms with Gasteiger partial charge in [-0.25, -0.2) is 12.7 Å². The van der Waals surface area contributed by atoms with Gasteiger partial charge in [0.2, 0.25) is 0 Å². The van der Waals surface area contributed by atoms with Gasteiger partial charge in [-0.3, -0.25) is 4.79 Å². The predicted molar refractivity (Wildman–Crippen MR) is 55.6 cm³/mol. The summed E-state index contributed by atoms with van der Waals surface area (Å²) in [4.78, 5) is 11.6. The highest BCUT2D eigenvalue weighted by atomic mass is 32.2. The van der Waals surface area contributed by atoms with E-state index >= 15 is 0 Å². The lowest BCUT2D eigenvalue weighted by atomic mass is 10.0. The standard InChI is InChI=1S/C9H17NO4S/c1-6(2)7(5-11)10-8(12)9(3,4)15(10,13)14/h6-7,11H,5H2,1-4H3. The van der Waals surface area contributed by atoms with Crippen LogP contribution in [-0.2, 0) is 14.8 Å². The summed E-state index contributed by atoms with van der Waals surface area (Å²) in [6.45, 7) is 5.98. The van der Waals surface area contributed by atoms with Crippen LogP contribution in [0.4, 0.5) is 0 Å². The van der Waals surface area contributed by atoms with E-state index in [2.05, 4.69) is 0 Å². The van der Waals surface area contributed by atoms with Crippen molar-refractivity contribution in [2.45, 2.75) is 38.5 Å². The third-order valence-electron chi connectivity index (χ3n) is 2.88. The minimum absolute atomic E-state index is 0.0928. The number of amides is 1. The molecule has 0 aromatic heterocycles. The Morgan fingerprint density at radius 2 is 1.87 bits per heavy atom. The third-order valence-corrected chi connectivity index (χ3v) is 5.30. The summed E-state index contributed by atoms with van der Waals surface area (Å²) < 4.78 is 23.0. The van der Waals surface area contributed by atoms with Gasteiger partial charge >= 0.3 is 0 Å². The van der Waals surface area contributed by atoms with Gasteiger partial charge in [0, 0.05) is 0 Å². The van der Waals surface area contributed by atoms with Gasteiger partial charge in [0.25, 0.3) is 15.9 Å². The van der Waals surface area contributed by atoms with Gasteiger partial charge in [-0.15, -0.1) is 0 Å².